The number of aromatic nitrogens is 2. The fourth-order valence-corrected chi connectivity index (χ4v) is 5.59. The van der Waals surface area contributed by atoms with Crippen LogP contribution in [0.3, 0.4) is 0 Å². The lowest BCUT2D eigenvalue weighted by Crippen LogP contribution is -2.38. The molecule has 0 aliphatic heterocycles. The predicted octanol–water partition coefficient (Wildman–Crippen LogP) is 6.60. The van der Waals surface area contributed by atoms with Crippen molar-refractivity contribution in [3.05, 3.63) is 58.3 Å². The lowest BCUT2D eigenvalue weighted by molar-refractivity contribution is -0.117. The molecule has 2 aromatic heterocycles. The zero-order valence-corrected chi connectivity index (χ0v) is 23.7. The van der Waals surface area contributed by atoms with E-state index in [1.807, 2.05) is 16.7 Å². The number of thiophene rings is 1. The molecule has 10 heteroatoms. The van der Waals surface area contributed by atoms with Crippen LogP contribution >= 0.6 is 11.3 Å². The third-order valence-corrected chi connectivity index (χ3v) is 8.59. The summed E-state index contributed by atoms with van der Waals surface area (Å²) in [5, 5.41) is 9.45. The number of anilines is 1. The van der Waals surface area contributed by atoms with Crippen LogP contribution in [0.5, 0.6) is 0 Å². The minimum atomic E-state index is -2.63. The highest BCUT2D eigenvalue weighted by Gasteiger charge is 2.28. The van der Waals surface area contributed by atoms with Gasteiger partial charge in [-0.1, -0.05) is 33.4 Å². The summed E-state index contributed by atoms with van der Waals surface area (Å²) in [5.41, 5.74) is 2.80. The van der Waals surface area contributed by atoms with Gasteiger partial charge in [0.25, 0.3) is 12.3 Å². The van der Waals surface area contributed by atoms with Crippen LogP contribution in [0.25, 0.3) is 11.0 Å². The van der Waals surface area contributed by atoms with Crippen LogP contribution in [0.1, 0.15) is 86.0 Å². The molecule has 2 amide bonds. The van der Waals surface area contributed by atoms with E-state index in [-0.39, 0.29) is 33.2 Å². The van der Waals surface area contributed by atoms with Gasteiger partial charge in [-0.2, -0.15) is 0 Å². The van der Waals surface area contributed by atoms with Gasteiger partial charge in [0.15, 0.2) is 0 Å². The van der Waals surface area contributed by atoms with Crippen LogP contribution in [-0.2, 0) is 11.3 Å². The number of carbonyl (C=O) groups is 2. The number of alkyl halides is 2. The molecule has 7 nitrogen and oxygen atoms in total. The number of amides is 2. The lowest BCUT2D eigenvalue weighted by atomic mass is 9.88. The Morgan fingerprint density at radius 3 is 2.67 bits per heavy atom. The second-order valence-electron chi connectivity index (χ2n) is 11.3. The van der Waals surface area contributed by atoms with Gasteiger partial charge in [-0.25, -0.2) is 13.8 Å². The van der Waals surface area contributed by atoms with Crippen molar-refractivity contribution >= 4 is 40.1 Å². The molecule has 1 fully saturated rings. The Bertz CT molecular complexity index is 1340. The highest BCUT2D eigenvalue weighted by Crippen LogP contribution is 2.35. The van der Waals surface area contributed by atoms with Crippen LogP contribution < -0.4 is 16.0 Å². The van der Waals surface area contributed by atoms with Crippen molar-refractivity contribution in [2.45, 2.75) is 84.5 Å². The molecule has 1 saturated carbocycles. The lowest BCUT2D eigenvalue weighted by Gasteiger charge is -2.31. The van der Waals surface area contributed by atoms with Crippen molar-refractivity contribution < 1.29 is 18.4 Å². The normalized spacial score (nSPS) is 18.7. The molecule has 0 bridgehead atoms. The number of halogens is 2. The molecule has 39 heavy (non-hydrogen) atoms. The molecule has 3 N–H and O–H groups in total. The largest absolute Gasteiger partial charge is 0.350 e. The third kappa shape index (κ3) is 6.91. The molecule has 0 radical (unpaired) electrons. The molecule has 210 valence electrons. The topological polar surface area (TPSA) is 88.1 Å². The van der Waals surface area contributed by atoms with E-state index >= 15 is 0 Å². The summed E-state index contributed by atoms with van der Waals surface area (Å²) < 4.78 is 28.2. The molecule has 4 rings (SSSR count). The van der Waals surface area contributed by atoms with E-state index in [1.165, 1.54) is 18.2 Å². The van der Waals surface area contributed by atoms with Crippen molar-refractivity contribution in [3.8, 4) is 0 Å². The third-order valence-electron chi connectivity index (χ3n) is 7.50. The van der Waals surface area contributed by atoms with Crippen LogP contribution in [0.4, 0.5) is 14.7 Å². The van der Waals surface area contributed by atoms with Gasteiger partial charge in [-0.15, -0.1) is 11.3 Å². The zero-order valence-electron chi connectivity index (χ0n) is 22.9. The highest BCUT2D eigenvalue weighted by molar-refractivity contribution is 7.14. The van der Waals surface area contributed by atoms with Gasteiger partial charge < -0.3 is 15.2 Å². The number of nitrogens with one attached hydrogen (secondary N) is 3. The molecule has 0 unspecified atom stereocenters. The van der Waals surface area contributed by atoms with Gasteiger partial charge in [0, 0.05) is 24.7 Å². The van der Waals surface area contributed by atoms with Crippen LogP contribution in [-0.4, -0.2) is 33.4 Å². The summed E-state index contributed by atoms with van der Waals surface area (Å²) >= 11 is 0.776. The number of rotatable bonds is 9. The van der Waals surface area contributed by atoms with Gasteiger partial charge in [0.05, 0.1) is 20.8 Å². The molecule has 0 spiro atoms. The average molecular weight is 558 g/mol. The number of hydrogen-bond acceptors (Lipinski definition) is 5. The number of carbonyl (C=O) groups excluding carboxylic acids is 2. The zero-order chi connectivity index (χ0) is 28.3. The van der Waals surface area contributed by atoms with Gasteiger partial charge in [0.2, 0.25) is 11.9 Å². The summed E-state index contributed by atoms with van der Waals surface area (Å²) in [6.07, 6.45) is 1.93. The minimum absolute atomic E-state index is 0.0148. The number of fused-ring (bicyclic) bond motifs is 1. The second-order valence-corrected chi connectivity index (χ2v) is 12.4. The van der Waals surface area contributed by atoms with Crippen molar-refractivity contribution in [2.75, 3.05) is 5.32 Å². The summed E-state index contributed by atoms with van der Waals surface area (Å²) in [6, 6.07) is 9.04. The van der Waals surface area contributed by atoms with Gasteiger partial charge in [0.1, 0.15) is 0 Å². The van der Waals surface area contributed by atoms with E-state index in [9.17, 15) is 18.4 Å². The van der Waals surface area contributed by atoms with Gasteiger partial charge >= 0.3 is 0 Å². The second kappa shape index (κ2) is 12.0. The van der Waals surface area contributed by atoms with Gasteiger partial charge in [-0.3, -0.25) is 14.9 Å². The molecule has 1 aliphatic rings. The maximum absolute atomic E-state index is 13.1. The fourth-order valence-electron chi connectivity index (χ4n) is 4.83. The fraction of sp³-hybridized carbons (Fsp3) is 0.483. The Morgan fingerprint density at radius 1 is 1.23 bits per heavy atom. The maximum Gasteiger partial charge on any atom is 0.272 e. The first-order valence-electron chi connectivity index (χ1n) is 13.3. The van der Waals surface area contributed by atoms with Crippen LogP contribution in [0.2, 0.25) is 0 Å². The van der Waals surface area contributed by atoms with E-state index in [0.717, 1.165) is 47.2 Å². The Balaban J connectivity index is 1.65. The van der Waals surface area contributed by atoms with Crippen molar-refractivity contribution in [1.29, 1.82) is 0 Å². The smallest absolute Gasteiger partial charge is 0.272 e. The Hall–Kier alpha value is -3.11. The maximum atomic E-state index is 13.1. The number of hydrogen-bond donors (Lipinski definition) is 3. The molecular weight excluding hydrogens is 520 g/mol. The minimum Gasteiger partial charge on any atom is -0.350 e. The molecule has 1 aromatic carbocycles. The Labute approximate surface area is 232 Å². The van der Waals surface area contributed by atoms with Crippen molar-refractivity contribution in [3.63, 3.8) is 0 Å². The number of imidazole rings is 1. The van der Waals surface area contributed by atoms with E-state index in [1.54, 1.807) is 0 Å². The molecule has 0 saturated heterocycles. The quantitative estimate of drug-likeness (QED) is 0.259. The monoisotopic (exact) mass is 557 g/mol. The van der Waals surface area contributed by atoms with Crippen molar-refractivity contribution in [1.82, 2.24) is 20.2 Å². The van der Waals surface area contributed by atoms with Gasteiger partial charge in [-0.05, 0) is 73.9 Å². The summed E-state index contributed by atoms with van der Waals surface area (Å²) in [7, 11) is 0. The van der Waals surface area contributed by atoms with Crippen LogP contribution in [0, 0.1) is 5.41 Å². The Morgan fingerprint density at radius 2 is 2.00 bits per heavy atom. The summed E-state index contributed by atoms with van der Waals surface area (Å²) in [5.74, 6) is -0.314. The molecular formula is C29H37F2N5O2S. The standard InChI is InChI=1S/C29H37F2N5O2S/c1-6-25(37)33-19-8-7-9-20(15-19)36-22-11-10-18(16-32-17(2)29(3,4)5)14-21(22)34-28(36)35-27(38)24-13-12-23(39-24)26(30)31/h6,10-14,17,19-20,26,32H,1,7-9,15-16H2,2-5H3,(H,33,37)(H,34,35,38)/t17-,19-,20+/m0/s1. The first kappa shape index (κ1) is 28.9. The number of nitrogens with zero attached hydrogens (tertiary/aromatic N) is 2. The first-order chi connectivity index (χ1) is 18.5. The molecule has 2 heterocycles. The average Bonchev–Trinajstić information content (AvgIpc) is 3.52. The summed E-state index contributed by atoms with van der Waals surface area (Å²) in [4.78, 5) is 29.9. The molecule has 1 aliphatic carbocycles. The predicted molar refractivity (Wildman–Crippen MR) is 152 cm³/mol. The van der Waals surface area contributed by atoms with E-state index in [2.05, 4.69) is 56.3 Å². The van der Waals surface area contributed by atoms with E-state index in [4.69, 9.17) is 4.98 Å². The Kier molecular flexibility index (Phi) is 8.86. The SMILES string of the molecule is C=CC(=O)N[C@H]1CCC[C@@H](n2c(NC(=O)c3ccc(C(F)F)s3)nc3cc(CN[C@@H](C)C(C)(C)C)ccc32)C1. The number of benzene rings is 1. The van der Waals surface area contributed by atoms with E-state index in [0.29, 0.717) is 25.0 Å². The van der Waals surface area contributed by atoms with E-state index < -0.39 is 12.3 Å². The first-order valence-corrected chi connectivity index (χ1v) is 14.1. The molecule has 3 aromatic rings. The molecule has 3 atom stereocenters. The summed E-state index contributed by atoms with van der Waals surface area (Å²) in [6.45, 7) is 13.0. The van der Waals surface area contributed by atoms with Crippen molar-refractivity contribution in [2.24, 2.45) is 5.41 Å². The van der Waals surface area contributed by atoms with Crippen LogP contribution in [0.15, 0.2) is 43.0 Å². The highest BCUT2D eigenvalue weighted by atomic mass is 32.1.